The third-order valence-corrected chi connectivity index (χ3v) is 3.74. The van der Waals surface area contributed by atoms with Crippen LogP contribution >= 0.6 is 11.6 Å². The van der Waals surface area contributed by atoms with Crippen molar-refractivity contribution >= 4 is 17.4 Å². The van der Waals surface area contributed by atoms with Gasteiger partial charge in [0.1, 0.15) is 11.6 Å². The summed E-state index contributed by atoms with van der Waals surface area (Å²) in [6, 6.07) is 6.38. The minimum Gasteiger partial charge on any atom is -0.299 e. The van der Waals surface area contributed by atoms with Crippen molar-refractivity contribution in [2.75, 3.05) is 0 Å². The first-order valence-corrected chi connectivity index (χ1v) is 7.43. The molecular formula is C16H18ClFN2O. The minimum atomic E-state index is -0.436. The number of nitrogens with zero attached hydrogens (tertiary/aromatic N) is 2. The molecule has 0 aliphatic heterocycles. The van der Waals surface area contributed by atoms with E-state index < -0.39 is 5.82 Å². The van der Waals surface area contributed by atoms with E-state index >= 15 is 0 Å². The van der Waals surface area contributed by atoms with Crippen LogP contribution in [0.4, 0.5) is 4.39 Å². The van der Waals surface area contributed by atoms with Gasteiger partial charge in [0, 0.05) is 35.7 Å². The highest BCUT2D eigenvalue weighted by Crippen LogP contribution is 2.20. The predicted octanol–water partition coefficient (Wildman–Crippen LogP) is 3.61. The van der Waals surface area contributed by atoms with Crippen LogP contribution in [0, 0.1) is 5.82 Å². The summed E-state index contributed by atoms with van der Waals surface area (Å²) in [5.41, 5.74) is 2.10. The first-order chi connectivity index (χ1) is 10.0. The second-order valence-electron chi connectivity index (χ2n) is 4.89. The van der Waals surface area contributed by atoms with Gasteiger partial charge in [-0.25, -0.2) is 4.39 Å². The highest BCUT2D eigenvalue weighted by atomic mass is 35.5. The van der Waals surface area contributed by atoms with Crippen molar-refractivity contribution in [2.24, 2.45) is 0 Å². The van der Waals surface area contributed by atoms with Crippen molar-refractivity contribution in [3.8, 4) is 0 Å². The normalized spacial score (nSPS) is 10.9. The monoisotopic (exact) mass is 308 g/mol. The molecule has 0 aliphatic rings. The van der Waals surface area contributed by atoms with E-state index in [1.165, 1.54) is 12.1 Å². The van der Waals surface area contributed by atoms with Gasteiger partial charge in [-0.2, -0.15) is 5.10 Å². The Bertz CT molecular complexity index is 631. The van der Waals surface area contributed by atoms with Crippen LogP contribution in [0.3, 0.4) is 0 Å². The number of hydrogen-bond acceptors (Lipinski definition) is 2. The molecule has 0 amide bonds. The van der Waals surface area contributed by atoms with Crippen LogP contribution in [0.5, 0.6) is 0 Å². The lowest BCUT2D eigenvalue weighted by molar-refractivity contribution is -0.117. The summed E-state index contributed by atoms with van der Waals surface area (Å²) in [5.74, 6) is -0.506. The van der Waals surface area contributed by atoms with Gasteiger partial charge in [0.05, 0.1) is 5.69 Å². The van der Waals surface area contributed by atoms with Gasteiger partial charge in [-0.05, 0) is 31.5 Å². The third kappa shape index (κ3) is 3.70. The lowest BCUT2D eigenvalue weighted by Gasteiger charge is -2.06. The molecule has 0 fully saturated rings. The Balaban J connectivity index is 2.13. The van der Waals surface area contributed by atoms with Crippen molar-refractivity contribution in [2.45, 2.75) is 39.7 Å². The number of halogens is 2. The minimum absolute atomic E-state index is 0.00184. The number of rotatable bonds is 6. The van der Waals surface area contributed by atoms with Crippen molar-refractivity contribution in [1.82, 2.24) is 9.78 Å². The molecule has 2 rings (SSSR count). The number of benzene rings is 1. The topological polar surface area (TPSA) is 34.9 Å². The van der Waals surface area contributed by atoms with Crippen molar-refractivity contribution in [3.05, 3.63) is 52.1 Å². The van der Waals surface area contributed by atoms with Gasteiger partial charge in [0.25, 0.3) is 0 Å². The zero-order chi connectivity index (χ0) is 15.4. The van der Waals surface area contributed by atoms with Crippen LogP contribution < -0.4 is 0 Å². The molecule has 0 atom stereocenters. The zero-order valence-corrected chi connectivity index (χ0v) is 13.0. The summed E-state index contributed by atoms with van der Waals surface area (Å²) in [6.45, 7) is 4.71. The first-order valence-electron chi connectivity index (χ1n) is 7.05. The van der Waals surface area contributed by atoms with Gasteiger partial charge < -0.3 is 0 Å². The first kappa shape index (κ1) is 15.7. The highest BCUT2D eigenvalue weighted by molar-refractivity contribution is 6.31. The summed E-state index contributed by atoms with van der Waals surface area (Å²) in [6.07, 6.45) is 1.07. The van der Waals surface area contributed by atoms with Gasteiger partial charge in [0.15, 0.2) is 0 Å². The molecule has 0 bridgehead atoms. The van der Waals surface area contributed by atoms with Crippen LogP contribution in [0.1, 0.15) is 30.8 Å². The molecule has 1 aromatic heterocycles. The van der Waals surface area contributed by atoms with Gasteiger partial charge in [-0.15, -0.1) is 0 Å². The van der Waals surface area contributed by atoms with E-state index in [1.54, 1.807) is 6.07 Å². The molecule has 1 aromatic carbocycles. The Morgan fingerprint density at radius 2 is 2.10 bits per heavy atom. The number of carbonyl (C=O) groups is 1. The fourth-order valence-electron chi connectivity index (χ4n) is 2.27. The Kier molecular flexibility index (Phi) is 5.12. The molecule has 0 radical (unpaired) electrons. The maximum Gasteiger partial charge on any atom is 0.143 e. The number of ketones is 1. The van der Waals surface area contributed by atoms with Crippen molar-refractivity contribution in [1.29, 1.82) is 0 Å². The average Bonchev–Trinajstić information content (AvgIpc) is 2.85. The van der Waals surface area contributed by atoms with Crippen molar-refractivity contribution in [3.63, 3.8) is 0 Å². The van der Waals surface area contributed by atoms with Gasteiger partial charge in [-0.3, -0.25) is 9.48 Å². The molecule has 21 heavy (non-hydrogen) atoms. The van der Waals surface area contributed by atoms with Gasteiger partial charge in [0.2, 0.25) is 0 Å². The van der Waals surface area contributed by atoms with Gasteiger partial charge in [-0.1, -0.05) is 24.6 Å². The molecule has 2 aromatic rings. The second-order valence-corrected chi connectivity index (χ2v) is 5.30. The number of carbonyl (C=O) groups excluding carboxylic acids is 1. The van der Waals surface area contributed by atoms with E-state index in [-0.39, 0.29) is 24.2 Å². The van der Waals surface area contributed by atoms with Crippen molar-refractivity contribution < 1.29 is 9.18 Å². The largest absolute Gasteiger partial charge is 0.299 e. The standard InChI is InChI=1S/C16H18ClFN2O/c1-3-11-8-12(20(4-2)19-11)9-13(21)10-14-15(17)6-5-7-16(14)18/h5-8H,3-4,9-10H2,1-2H3. The van der Waals surface area contributed by atoms with Crippen LogP contribution in [0.25, 0.3) is 0 Å². The van der Waals surface area contributed by atoms with E-state index in [0.717, 1.165) is 17.8 Å². The van der Waals surface area contributed by atoms with E-state index in [4.69, 9.17) is 11.6 Å². The highest BCUT2D eigenvalue weighted by Gasteiger charge is 2.15. The Hall–Kier alpha value is -1.68. The van der Waals surface area contributed by atoms with E-state index in [2.05, 4.69) is 5.10 Å². The SMILES string of the molecule is CCc1cc(CC(=O)Cc2c(F)cccc2Cl)n(CC)n1. The van der Waals surface area contributed by atoms with Crippen LogP contribution in [0.15, 0.2) is 24.3 Å². The van der Waals surface area contributed by atoms with Crippen LogP contribution in [-0.4, -0.2) is 15.6 Å². The molecule has 0 saturated heterocycles. The predicted molar refractivity (Wildman–Crippen MR) is 81.1 cm³/mol. The molecule has 0 spiro atoms. The summed E-state index contributed by atoms with van der Waals surface area (Å²) in [4.78, 5) is 12.2. The average molecular weight is 309 g/mol. The lowest BCUT2D eigenvalue weighted by atomic mass is 10.0. The quantitative estimate of drug-likeness (QED) is 0.817. The van der Waals surface area contributed by atoms with Gasteiger partial charge >= 0.3 is 0 Å². The number of hydrogen-bond donors (Lipinski definition) is 0. The molecule has 0 saturated carbocycles. The smallest absolute Gasteiger partial charge is 0.143 e. The summed E-state index contributed by atoms with van der Waals surface area (Å²) in [7, 11) is 0. The molecule has 1 heterocycles. The third-order valence-electron chi connectivity index (χ3n) is 3.39. The van der Waals surface area contributed by atoms with E-state index in [9.17, 15) is 9.18 Å². The van der Waals surface area contributed by atoms with E-state index in [1.807, 2.05) is 24.6 Å². The van der Waals surface area contributed by atoms with E-state index in [0.29, 0.717) is 11.6 Å². The van der Waals surface area contributed by atoms with Crippen LogP contribution in [0.2, 0.25) is 5.02 Å². The molecule has 112 valence electrons. The molecule has 0 unspecified atom stereocenters. The van der Waals surface area contributed by atoms with Crippen LogP contribution in [-0.2, 0) is 30.6 Å². The number of aryl methyl sites for hydroxylation is 2. The zero-order valence-electron chi connectivity index (χ0n) is 12.2. The Morgan fingerprint density at radius 3 is 2.71 bits per heavy atom. The summed E-state index contributed by atoms with van der Waals surface area (Å²) >= 11 is 5.95. The lowest BCUT2D eigenvalue weighted by Crippen LogP contribution is -2.12. The molecule has 5 heteroatoms. The molecular weight excluding hydrogens is 291 g/mol. The summed E-state index contributed by atoms with van der Waals surface area (Å²) < 4.78 is 15.5. The number of aromatic nitrogens is 2. The maximum atomic E-state index is 13.7. The Morgan fingerprint density at radius 1 is 1.33 bits per heavy atom. The molecule has 0 aliphatic carbocycles. The summed E-state index contributed by atoms with van der Waals surface area (Å²) in [5, 5.41) is 4.70. The fourth-order valence-corrected chi connectivity index (χ4v) is 2.50. The molecule has 0 N–H and O–H groups in total. The number of Topliss-reactive ketones (excluding diaryl/α,β-unsaturated/α-hetero) is 1. The molecule has 3 nitrogen and oxygen atoms in total. The maximum absolute atomic E-state index is 13.7. The fraction of sp³-hybridized carbons (Fsp3) is 0.375. The second kappa shape index (κ2) is 6.85. The Labute approximate surface area is 128 Å².